The third-order valence-electron chi connectivity index (χ3n) is 5.50. The molecule has 0 saturated heterocycles. The van der Waals surface area contributed by atoms with Crippen LogP contribution in [0.25, 0.3) is 11.4 Å². The maximum atomic E-state index is 12.6. The second kappa shape index (κ2) is 12.1. The Morgan fingerprint density at radius 3 is 2.14 bits per heavy atom. The maximum absolute atomic E-state index is 12.6. The normalized spacial score (nSPS) is 10.6. The number of carbonyl (C=O) groups excluding carboxylic acids is 1. The van der Waals surface area contributed by atoms with E-state index in [1.807, 2.05) is 65.2 Å². The first-order chi connectivity index (χ1) is 17.6. The first-order valence-electron chi connectivity index (χ1n) is 11.4. The lowest BCUT2D eigenvalue weighted by Crippen LogP contribution is -2.14. The minimum absolute atomic E-state index is 0.113. The highest BCUT2D eigenvalue weighted by atomic mass is 32.2. The molecule has 0 atom stereocenters. The molecule has 0 fully saturated rings. The quantitative estimate of drug-likeness (QED) is 0.289. The van der Waals surface area contributed by atoms with Crippen LogP contribution in [0.1, 0.15) is 5.56 Å². The van der Waals surface area contributed by atoms with Gasteiger partial charge in [0.25, 0.3) is 0 Å². The first kappa shape index (κ1) is 25.1. The summed E-state index contributed by atoms with van der Waals surface area (Å²) in [6.07, 6.45) is 0.778. The smallest absolute Gasteiger partial charge is 0.234 e. The Labute approximate surface area is 214 Å². The summed E-state index contributed by atoms with van der Waals surface area (Å²) in [4.78, 5) is 12.6. The summed E-state index contributed by atoms with van der Waals surface area (Å²) < 4.78 is 18.5. The van der Waals surface area contributed by atoms with E-state index in [2.05, 4.69) is 27.6 Å². The van der Waals surface area contributed by atoms with Crippen LogP contribution in [0.5, 0.6) is 17.2 Å². The number of nitrogens with one attached hydrogen (secondary N) is 1. The van der Waals surface area contributed by atoms with Crippen molar-refractivity contribution in [2.75, 3.05) is 32.4 Å². The lowest BCUT2D eigenvalue weighted by Gasteiger charge is -2.15. The Hall–Kier alpha value is -3.98. The fourth-order valence-corrected chi connectivity index (χ4v) is 4.52. The van der Waals surface area contributed by atoms with E-state index >= 15 is 0 Å². The number of para-hydroxylation sites is 1. The highest BCUT2D eigenvalue weighted by molar-refractivity contribution is 7.99. The minimum atomic E-state index is -0.113. The molecule has 0 bridgehead atoms. The number of hydrogen-bond donors (Lipinski definition) is 1. The summed E-state index contributed by atoms with van der Waals surface area (Å²) in [7, 11) is 4.72. The van der Waals surface area contributed by atoms with Crippen molar-refractivity contribution in [2.24, 2.45) is 0 Å². The Kier molecular flexibility index (Phi) is 8.46. The summed E-state index contributed by atoms with van der Waals surface area (Å²) in [6, 6.07) is 23.3. The number of anilines is 1. The average Bonchev–Trinajstić information content (AvgIpc) is 3.33. The summed E-state index contributed by atoms with van der Waals surface area (Å²) in [5.74, 6) is 2.30. The van der Waals surface area contributed by atoms with Crippen LogP contribution in [-0.2, 0) is 17.8 Å². The molecule has 0 spiro atoms. The van der Waals surface area contributed by atoms with Crippen LogP contribution in [0.2, 0.25) is 0 Å². The van der Waals surface area contributed by atoms with Gasteiger partial charge in [-0.15, -0.1) is 10.2 Å². The van der Waals surface area contributed by atoms with Gasteiger partial charge >= 0.3 is 0 Å². The number of ether oxygens (including phenoxy) is 3. The standard InChI is InChI=1S/C27H28N4O4S/c1-33-22-16-20(17-23(34-2)25(22)35-3)26-29-30-27(31(26)15-14-19-10-6-4-7-11-19)36-18-24(32)28-21-12-8-5-9-13-21/h4-13,16-17H,14-15,18H2,1-3H3,(H,28,32). The number of amides is 1. The SMILES string of the molecule is COc1cc(-c2nnc(SCC(=O)Nc3ccccc3)n2CCc2ccccc2)cc(OC)c1OC. The zero-order valence-electron chi connectivity index (χ0n) is 20.4. The van der Waals surface area contributed by atoms with Crippen molar-refractivity contribution in [2.45, 2.75) is 18.1 Å². The van der Waals surface area contributed by atoms with Gasteiger partial charge in [-0.05, 0) is 36.2 Å². The topological polar surface area (TPSA) is 87.5 Å². The number of aromatic nitrogens is 3. The number of aryl methyl sites for hydroxylation is 1. The molecule has 0 aliphatic carbocycles. The molecule has 8 nitrogen and oxygen atoms in total. The van der Waals surface area contributed by atoms with Crippen molar-refractivity contribution in [1.29, 1.82) is 0 Å². The van der Waals surface area contributed by atoms with Crippen molar-refractivity contribution in [1.82, 2.24) is 14.8 Å². The Balaban J connectivity index is 1.62. The molecule has 36 heavy (non-hydrogen) atoms. The number of thioether (sulfide) groups is 1. The summed E-state index contributed by atoms with van der Waals surface area (Å²) in [5, 5.41) is 12.5. The fourth-order valence-electron chi connectivity index (χ4n) is 3.76. The van der Waals surface area contributed by atoms with E-state index in [0.29, 0.717) is 34.8 Å². The van der Waals surface area contributed by atoms with E-state index in [1.54, 1.807) is 21.3 Å². The predicted molar refractivity (Wildman–Crippen MR) is 141 cm³/mol. The summed E-state index contributed by atoms with van der Waals surface area (Å²) >= 11 is 1.34. The van der Waals surface area contributed by atoms with Gasteiger partial charge < -0.3 is 24.1 Å². The molecule has 0 radical (unpaired) electrons. The highest BCUT2D eigenvalue weighted by Crippen LogP contribution is 2.41. The molecule has 0 aliphatic heterocycles. The Morgan fingerprint density at radius 2 is 1.53 bits per heavy atom. The molecule has 3 aromatic carbocycles. The average molecular weight is 505 g/mol. The predicted octanol–water partition coefficient (Wildman–Crippen LogP) is 4.94. The Morgan fingerprint density at radius 1 is 0.889 bits per heavy atom. The monoisotopic (exact) mass is 504 g/mol. The van der Waals surface area contributed by atoms with Crippen LogP contribution in [-0.4, -0.2) is 47.8 Å². The molecule has 1 heterocycles. The van der Waals surface area contributed by atoms with E-state index < -0.39 is 0 Å². The van der Waals surface area contributed by atoms with Crippen LogP contribution in [0.15, 0.2) is 78.0 Å². The van der Waals surface area contributed by atoms with Gasteiger partial charge in [0.05, 0.1) is 27.1 Å². The first-order valence-corrected chi connectivity index (χ1v) is 12.4. The number of methoxy groups -OCH3 is 3. The second-order valence-electron chi connectivity index (χ2n) is 7.81. The molecule has 9 heteroatoms. The number of rotatable bonds is 11. The fraction of sp³-hybridized carbons (Fsp3) is 0.222. The molecule has 1 N–H and O–H groups in total. The molecular formula is C27H28N4O4S. The van der Waals surface area contributed by atoms with Gasteiger partial charge in [0, 0.05) is 17.8 Å². The zero-order chi connectivity index (χ0) is 25.3. The van der Waals surface area contributed by atoms with Crippen molar-refractivity contribution in [3.63, 3.8) is 0 Å². The van der Waals surface area contributed by atoms with E-state index in [-0.39, 0.29) is 11.7 Å². The third-order valence-corrected chi connectivity index (χ3v) is 6.46. The Bertz CT molecular complexity index is 1270. The van der Waals surface area contributed by atoms with E-state index in [1.165, 1.54) is 17.3 Å². The van der Waals surface area contributed by atoms with Crippen molar-refractivity contribution >= 4 is 23.4 Å². The van der Waals surface area contributed by atoms with Gasteiger partial charge in [0.1, 0.15) is 0 Å². The van der Waals surface area contributed by atoms with Crippen molar-refractivity contribution in [3.8, 4) is 28.6 Å². The van der Waals surface area contributed by atoms with Crippen LogP contribution in [0, 0.1) is 0 Å². The summed E-state index contributed by atoms with van der Waals surface area (Å²) in [5.41, 5.74) is 2.72. The van der Waals surface area contributed by atoms with E-state index in [9.17, 15) is 4.79 Å². The van der Waals surface area contributed by atoms with Gasteiger partial charge in [-0.1, -0.05) is 60.3 Å². The second-order valence-corrected chi connectivity index (χ2v) is 8.75. The molecule has 0 saturated carbocycles. The molecule has 4 aromatic rings. The van der Waals surface area contributed by atoms with Crippen molar-refractivity contribution in [3.05, 3.63) is 78.4 Å². The zero-order valence-corrected chi connectivity index (χ0v) is 21.2. The van der Waals surface area contributed by atoms with Gasteiger partial charge in [-0.2, -0.15) is 0 Å². The molecular weight excluding hydrogens is 476 g/mol. The lowest BCUT2D eigenvalue weighted by molar-refractivity contribution is -0.113. The van der Waals surface area contributed by atoms with Crippen LogP contribution < -0.4 is 19.5 Å². The number of hydrogen-bond acceptors (Lipinski definition) is 7. The minimum Gasteiger partial charge on any atom is -0.493 e. The number of nitrogens with zero attached hydrogens (tertiary/aromatic N) is 3. The molecule has 186 valence electrons. The number of carbonyl (C=O) groups is 1. The van der Waals surface area contributed by atoms with Crippen LogP contribution in [0.4, 0.5) is 5.69 Å². The highest BCUT2D eigenvalue weighted by Gasteiger charge is 2.20. The molecule has 0 unspecified atom stereocenters. The lowest BCUT2D eigenvalue weighted by atomic mass is 10.1. The van der Waals surface area contributed by atoms with Crippen molar-refractivity contribution < 1.29 is 19.0 Å². The van der Waals surface area contributed by atoms with Gasteiger partial charge in [-0.3, -0.25) is 4.79 Å². The van der Waals surface area contributed by atoms with Crippen LogP contribution >= 0.6 is 11.8 Å². The molecule has 1 amide bonds. The number of benzene rings is 3. The molecule has 4 rings (SSSR count). The molecule has 1 aromatic heterocycles. The van der Waals surface area contributed by atoms with Gasteiger partial charge in [-0.25, -0.2) is 0 Å². The van der Waals surface area contributed by atoms with E-state index in [0.717, 1.165) is 17.7 Å². The largest absolute Gasteiger partial charge is 0.493 e. The van der Waals surface area contributed by atoms with E-state index in [4.69, 9.17) is 14.2 Å². The van der Waals surface area contributed by atoms with Gasteiger partial charge in [0.2, 0.25) is 11.7 Å². The summed E-state index contributed by atoms with van der Waals surface area (Å²) in [6.45, 7) is 0.631. The van der Waals surface area contributed by atoms with Gasteiger partial charge in [0.15, 0.2) is 22.5 Å². The maximum Gasteiger partial charge on any atom is 0.234 e. The molecule has 0 aliphatic rings. The third kappa shape index (κ3) is 5.98. The van der Waals surface area contributed by atoms with Crippen LogP contribution in [0.3, 0.4) is 0 Å².